The normalized spacial score (nSPS) is 17.5. The summed E-state index contributed by atoms with van der Waals surface area (Å²) < 4.78 is 7.21. The number of amides is 1. The van der Waals surface area contributed by atoms with E-state index in [0.29, 0.717) is 5.16 Å². The van der Waals surface area contributed by atoms with Crippen molar-refractivity contribution >= 4 is 23.4 Å². The lowest BCUT2D eigenvalue weighted by Crippen LogP contribution is -2.41. The van der Waals surface area contributed by atoms with Gasteiger partial charge in [-0.05, 0) is 48.2 Å². The maximum atomic E-state index is 13.3. The van der Waals surface area contributed by atoms with E-state index >= 15 is 0 Å². The van der Waals surface area contributed by atoms with Gasteiger partial charge < -0.3 is 15.5 Å². The van der Waals surface area contributed by atoms with Crippen molar-refractivity contribution in [3.63, 3.8) is 0 Å². The van der Waals surface area contributed by atoms with Crippen LogP contribution in [0.4, 0.5) is 5.69 Å². The van der Waals surface area contributed by atoms with E-state index in [0.717, 1.165) is 42.1 Å². The van der Waals surface area contributed by atoms with Gasteiger partial charge in [0, 0.05) is 12.1 Å². The lowest BCUT2D eigenvalue weighted by Gasteiger charge is -2.33. The number of ether oxygens (including phenoxy) is 1. The smallest absolute Gasteiger partial charge is 0.240 e. The number of aryl methyl sites for hydroxylation is 2. The summed E-state index contributed by atoms with van der Waals surface area (Å²) in [6.07, 6.45) is 2.75. The molecule has 0 unspecified atom stereocenters. The van der Waals surface area contributed by atoms with Crippen LogP contribution in [0.3, 0.4) is 0 Å². The Morgan fingerprint density at radius 1 is 1.13 bits per heavy atom. The number of thioether (sulfide) groups is 1. The van der Waals surface area contributed by atoms with Gasteiger partial charge in [0.1, 0.15) is 11.0 Å². The highest BCUT2D eigenvalue weighted by molar-refractivity contribution is 8.00. The maximum absolute atomic E-state index is 13.3. The summed E-state index contributed by atoms with van der Waals surface area (Å²) in [7, 11) is 1.64. The number of aromatic nitrogens is 3. The summed E-state index contributed by atoms with van der Waals surface area (Å²) in [6, 6.07) is 15.5. The molecular formula is C23H27N5O2S. The minimum atomic E-state index is -0.412. The number of carbonyl (C=O) groups excluding carboxylic acids is 1. The van der Waals surface area contributed by atoms with Crippen molar-refractivity contribution in [1.82, 2.24) is 14.9 Å². The Morgan fingerprint density at radius 3 is 2.52 bits per heavy atom. The fraction of sp³-hybridized carbons (Fsp3) is 0.348. The lowest BCUT2D eigenvalue weighted by atomic mass is 10.0. The molecule has 0 saturated carbocycles. The van der Waals surface area contributed by atoms with Crippen LogP contribution in [-0.2, 0) is 17.6 Å². The molecule has 2 atom stereocenters. The van der Waals surface area contributed by atoms with Gasteiger partial charge in [0.25, 0.3) is 0 Å². The number of anilines is 1. The van der Waals surface area contributed by atoms with Crippen LogP contribution in [0.5, 0.6) is 5.75 Å². The third-order valence-corrected chi connectivity index (χ3v) is 6.56. The molecule has 3 aromatic rings. The van der Waals surface area contributed by atoms with Crippen LogP contribution >= 0.6 is 11.8 Å². The number of hydrogen-bond acceptors (Lipinski definition) is 6. The summed E-state index contributed by atoms with van der Waals surface area (Å²) >= 11 is 1.44. The molecule has 7 nitrogen and oxygen atoms in total. The van der Waals surface area contributed by atoms with Crippen molar-refractivity contribution < 1.29 is 9.53 Å². The van der Waals surface area contributed by atoms with Crippen molar-refractivity contribution in [2.45, 2.75) is 49.6 Å². The fourth-order valence-corrected chi connectivity index (χ4v) is 4.68. The van der Waals surface area contributed by atoms with Gasteiger partial charge in [-0.2, -0.15) is 0 Å². The van der Waals surface area contributed by atoms with E-state index in [9.17, 15) is 4.79 Å². The highest BCUT2D eigenvalue weighted by Gasteiger charge is 2.37. The maximum Gasteiger partial charge on any atom is 0.240 e. The van der Waals surface area contributed by atoms with Crippen molar-refractivity contribution in [1.29, 1.82) is 0 Å². The average molecular weight is 438 g/mol. The summed E-state index contributed by atoms with van der Waals surface area (Å²) in [5.74, 6) is 1.58. The van der Waals surface area contributed by atoms with Gasteiger partial charge in [-0.3, -0.25) is 4.79 Å². The molecule has 31 heavy (non-hydrogen) atoms. The third kappa shape index (κ3) is 4.54. The molecule has 8 heteroatoms. The zero-order valence-electron chi connectivity index (χ0n) is 18.0. The van der Waals surface area contributed by atoms with E-state index in [1.807, 2.05) is 53.2 Å². The third-order valence-electron chi connectivity index (χ3n) is 5.34. The van der Waals surface area contributed by atoms with Crippen LogP contribution in [0.1, 0.15) is 43.3 Å². The van der Waals surface area contributed by atoms with Gasteiger partial charge in [-0.1, -0.05) is 49.9 Å². The van der Waals surface area contributed by atoms with Crippen LogP contribution in [-0.4, -0.2) is 33.1 Å². The van der Waals surface area contributed by atoms with Gasteiger partial charge in [0.15, 0.2) is 5.82 Å². The Morgan fingerprint density at radius 2 is 1.87 bits per heavy atom. The lowest BCUT2D eigenvalue weighted by molar-refractivity contribution is -0.116. The predicted molar refractivity (Wildman–Crippen MR) is 123 cm³/mol. The summed E-state index contributed by atoms with van der Waals surface area (Å²) in [5.41, 5.74) is 6.51. The second kappa shape index (κ2) is 9.43. The number of fused-ring (bicyclic) bond motifs is 1. The zero-order valence-corrected chi connectivity index (χ0v) is 18.8. The Balaban J connectivity index is 1.63. The highest BCUT2D eigenvalue weighted by atomic mass is 32.2. The average Bonchev–Trinajstić information content (AvgIpc) is 3.21. The topological polar surface area (TPSA) is 81.1 Å². The van der Waals surface area contributed by atoms with Gasteiger partial charge >= 0.3 is 0 Å². The predicted octanol–water partition coefficient (Wildman–Crippen LogP) is 4.20. The fourth-order valence-electron chi connectivity index (χ4n) is 3.58. The van der Waals surface area contributed by atoms with Crippen LogP contribution in [0.2, 0.25) is 0 Å². The summed E-state index contributed by atoms with van der Waals surface area (Å²) in [4.78, 5) is 13.3. The molecule has 0 saturated heterocycles. The molecule has 0 fully saturated rings. The molecule has 2 heterocycles. The first-order chi connectivity index (χ1) is 15.1. The number of rotatable bonds is 7. The van der Waals surface area contributed by atoms with Crippen molar-refractivity contribution in [2.24, 2.45) is 0 Å². The van der Waals surface area contributed by atoms with Crippen LogP contribution in [0.25, 0.3) is 0 Å². The number of methoxy groups -OCH3 is 1. The molecule has 2 aromatic carbocycles. The quantitative estimate of drug-likeness (QED) is 0.577. The summed E-state index contributed by atoms with van der Waals surface area (Å²) in [6.45, 7) is 4.22. The first-order valence-corrected chi connectivity index (χ1v) is 11.4. The van der Waals surface area contributed by atoms with Crippen molar-refractivity contribution in [3.8, 4) is 5.75 Å². The first-order valence-electron chi connectivity index (χ1n) is 10.5. The number of hydrogen-bond donors (Lipinski definition) is 2. The molecule has 1 aliphatic rings. The monoisotopic (exact) mass is 437 g/mol. The Hall–Kier alpha value is -3.00. The first kappa shape index (κ1) is 21.2. The molecule has 0 bridgehead atoms. The van der Waals surface area contributed by atoms with E-state index in [4.69, 9.17) is 4.74 Å². The zero-order chi connectivity index (χ0) is 21.8. The number of benzene rings is 2. The molecule has 2 N–H and O–H groups in total. The molecule has 0 aliphatic carbocycles. The van der Waals surface area contributed by atoms with Crippen molar-refractivity contribution in [2.75, 3.05) is 17.9 Å². The number of carbonyl (C=O) groups is 1. The molecule has 1 aliphatic heterocycles. The molecule has 0 radical (unpaired) electrons. The van der Waals surface area contributed by atoms with Crippen molar-refractivity contribution in [3.05, 3.63) is 65.5 Å². The second-order valence-electron chi connectivity index (χ2n) is 7.44. The summed E-state index contributed by atoms with van der Waals surface area (Å²) in [5, 5.41) is 12.0. The Bertz CT molecular complexity index is 1030. The minimum Gasteiger partial charge on any atom is -0.497 e. The molecule has 4 rings (SSSR count). The van der Waals surface area contributed by atoms with E-state index < -0.39 is 5.25 Å². The van der Waals surface area contributed by atoms with E-state index in [2.05, 4.69) is 34.8 Å². The molecule has 162 valence electrons. The van der Waals surface area contributed by atoms with Gasteiger partial charge in [0.2, 0.25) is 11.1 Å². The van der Waals surface area contributed by atoms with Gasteiger partial charge in [0.05, 0.1) is 13.2 Å². The highest BCUT2D eigenvalue weighted by Crippen LogP contribution is 2.38. The van der Waals surface area contributed by atoms with E-state index in [-0.39, 0.29) is 11.9 Å². The molecule has 1 aromatic heterocycles. The SMILES string of the molecule is CCCc1nnc2n1N[C@@H](c1ccc(OC)cc1)[C@@H](C(=O)Nc1ccc(CC)cc1)S2. The molecule has 0 spiro atoms. The van der Waals surface area contributed by atoms with Gasteiger partial charge in [-0.15, -0.1) is 10.2 Å². The molecular weight excluding hydrogens is 410 g/mol. The molecule has 1 amide bonds. The minimum absolute atomic E-state index is 0.0751. The van der Waals surface area contributed by atoms with Crippen LogP contribution in [0, 0.1) is 0 Å². The van der Waals surface area contributed by atoms with E-state index in [1.165, 1.54) is 17.3 Å². The Labute approximate surface area is 186 Å². The number of nitrogens with zero attached hydrogens (tertiary/aromatic N) is 3. The van der Waals surface area contributed by atoms with Crippen LogP contribution in [0.15, 0.2) is 53.7 Å². The van der Waals surface area contributed by atoms with E-state index in [1.54, 1.807) is 7.11 Å². The largest absolute Gasteiger partial charge is 0.497 e. The second-order valence-corrected chi connectivity index (χ2v) is 8.55. The van der Waals surface area contributed by atoms with Crippen LogP contribution < -0.4 is 15.5 Å². The Kier molecular flexibility index (Phi) is 6.46. The number of nitrogens with one attached hydrogen (secondary N) is 2. The van der Waals surface area contributed by atoms with Gasteiger partial charge in [-0.25, -0.2) is 4.68 Å². The standard InChI is InChI=1S/C23H27N5O2S/c1-4-6-19-25-26-23-28(19)27-20(16-9-13-18(30-3)14-10-16)21(31-23)22(29)24-17-11-7-15(5-2)8-12-17/h7-14,20-21,27H,4-6H2,1-3H3,(H,24,29)/t20-,21-/m0/s1.